The molecule has 4 aromatic rings. The fraction of sp³-hybridized carbons (Fsp3) is 0. The van der Waals surface area contributed by atoms with Gasteiger partial charge in [-0.25, -0.2) is 9.78 Å². The number of hydrogen-bond donors (Lipinski definition) is 1. The fourth-order valence-electron chi connectivity index (χ4n) is 2.25. The van der Waals surface area contributed by atoms with E-state index in [9.17, 15) is 4.79 Å². The molecule has 0 spiro atoms. The summed E-state index contributed by atoms with van der Waals surface area (Å²) in [6.07, 6.45) is 3.31. The van der Waals surface area contributed by atoms with E-state index < -0.39 is 0 Å². The molecule has 21 heavy (non-hydrogen) atoms. The van der Waals surface area contributed by atoms with Crippen molar-refractivity contribution < 1.29 is 0 Å². The molecule has 1 aromatic carbocycles. The summed E-state index contributed by atoms with van der Waals surface area (Å²) in [6.45, 7) is 0. The maximum Gasteiger partial charge on any atom is 0.348 e. The van der Waals surface area contributed by atoms with Crippen LogP contribution in [0.1, 0.15) is 0 Å². The fourth-order valence-corrected chi connectivity index (χ4v) is 2.47. The van der Waals surface area contributed by atoms with Crippen molar-refractivity contribution in [3.63, 3.8) is 0 Å². The summed E-state index contributed by atoms with van der Waals surface area (Å²) < 4.78 is 1.24. The summed E-state index contributed by atoms with van der Waals surface area (Å²) in [4.78, 5) is 23.3. The standard InChI is InChI=1S/C14H8ClN5O/c15-10-3-1-2-9-11(10)17-14(21)20-13(9)18-12(19-20)8-4-6-16-7-5-8/h1-7H,(H,17,21). The molecule has 0 aliphatic rings. The molecule has 0 amide bonds. The van der Waals surface area contributed by atoms with Crippen LogP contribution in [0.15, 0.2) is 47.5 Å². The second-order valence-corrected chi connectivity index (χ2v) is 4.91. The Labute approximate surface area is 123 Å². The number of pyridine rings is 1. The maximum atomic E-state index is 12.1. The van der Waals surface area contributed by atoms with Gasteiger partial charge in [0.1, 0.15) is 0 Å². The Morgan fingerprint density at radius 1 is 1.14 bits per heavy atom. The zero-order chi connectivity index (χ0) is 14.4. The number of rotatable bonds is 1. The topological polar surface area (TPSA) is 75.9 Å². The summed E-state index contributed by atoms with van der Waals surface area (Å²) in [7, 11) is 0. The molecule has 1 N–H and O–H groups in total. The summed E-state index contributed by atoms with van der Waals surface area (Å²) in [6, 6.07) is 8.95. The second-order valence-electron chi connectivity index (χ2n) is 4.50. The zero-order valence-corrected chi connectivity index (χ0v) is 11.4. The average molecular weight is 298 g/mol. The van der Waals surface area contributed by atoms with Gasteiger partial charge in [-0.2, -0.15) is 4.52 Å². The lowest BCUT2D eigenvalue weighted by atomic mass is 10.2. The Morgan fingerprint density at radius 3 is 2.76 bits per heavy atom. The molecule has 102 valence electrons. The van der Waals surface area contributed by atoms with Crippen molar-refractivity contribution in [2.24, 2.45) is 0 Å². The SMILES string of the molecule is O=c1[nH]c2c(Cl)cccc2c2nc(-c3ccncc3)nn12. The van der Waals surface area contributed by atoms with Gasteiger partial charge in [0.25, 0.3) is 0 Å². The Balaban J connectivity index is 2.12. The van der Waals surface area contributed by atoms with Crippen LogP contribution in [0.25, 0.3) is 27.9 Å². The van der Waals surface area contributed by atoms with Gasteiger partial charge < -0.3 is 4.98 Å². The van der Waals surface area contributed by atoms with Gasteiger partial charge in [0.05, 0.1) is 10.5 Å². The predicted molar refractivity (Wildman–Crippen MR) is 79.4 cm³/mol. The summed E-state index contributed by atoms with van der Waals surface area (Å²) in [5, 5.41) is 5.47. The lowest BCUT2D eigenvalue weighted by Crippen LogP contribution is -2.17. The van der Waals surface area contributed by atoms with Crippen LogP contribution in [-0.2, 0) is 0 Å². The summed E-state index contributed by atoms with van der Waals surface area (Å²) >= 11 is 6.12. The van der Waals surface area contributed by atoms with Gasteiger partial charge in [0.15, 0.2) is 11.5 Å². The monoisotopic (exact) mass is 297 g/mol. The number of fused-ring (bicyclic) bond motifs is 3. The molecule has 4 rings (SSSR count). The first kappa shape index (κ1) is 12.0. The first-order valence-corrected chi connectivity index (χ1v) is 6.59. The third-order valence-electron chi connectivity index (χ3n) is 3.22. The van der Waals surface area contributed by atoms with Gasteiger partial charge in [-0.3, -0.25) is 4.98 Å². The molecular formula is C14H8ClN5O. The zero-order valence-electron chi connectivity index (χ0n) is 10.6. The molecule has 0 aliphatic heterocycles. The van der Waals surface area contributed by atoms with Crippen molar-refractivity contribution in [2.75, 3.05) is 0 Å². The molecule has 0 unspecified atom stereocenters. The molecule has 6 nitrogen and oxygen atoms in total. The Kier molecular flexibility index (Phi) is 2.52. The van der Waals surface area contributed by atoms with Gasteiger partial charge in [0, 0.05) is 23.3 Å². The first-order chi connectivity index (χ1) is 10.2. The van der Waals surface area contributed by atoms with Crippen LogP contribution in [0.5, 0.6) is 0 Å². The highest BCUT2D eigenvalue weighted by Crippen LogP contribution is 2.24. The minimum absolute atomic E-state index is 0.376. The third kappa shape index (κ3) is 1.80. The van der Waals surface area contributed by atoms with Gasteiger partial charge in [-0.15, -0.1) is 5.10 Å². The van der Waals surface area contributed by atoms with Crippen LogP contribution in [0.4, 0.5) is 0 Å². The molecule has 0 radical (unpaired) electrons. The molecule has 0 bridgehead atoms. The lowest BCUT2D eigenvalue weighted by Gasteiger charge is -2.00. The molecule has 0 saturated heterocycles. The van der Waals surface area contributed by atoms with Crippen LogP contribution in [0.3, 0.4) is 0 Å². The molecule has 3 heterocycles. The number of aromatic nitrogens is 5. The number of H-pyrrole nitrogens is 1. The molecule has 3 aromatic heterocycles. The smallest absolute Gasteiger partial charge is 0.304 e. The molecule has 0 atom stereocenters. The van der Waals surface area contributed by atoms with E-state index in [1.54, 1.807) is 30.6 Å². The van der Waals surface area contributed by atoms with Gasteiger partial charge in [-0.1, -0.05) is 17.7 Å². The number of hydrogen-bond acceptors (Lipinski definition) is 4. The molecule has 7 heteroatoms. The minimum atomic E-state index is -0.376. The number of aromatic amines is 1. The van der Waals surface area contributed by atoms with Crippen molar-refractivity contribution >= 4 is 28.2 Å². The van der Waals surface area contributed by atoms with Crippen molar-refractivity contribution in [3.8, 4) is 11.4 Å². The van der Waals surface area contributed by atoms with Crippen molar-refractivity contribution in [2.45, 2.75) is 0 Å². The van der Waals surface area contributed by atoms with E-state index >= 15 is 0 Å². The van der Waals surface area contributed by atoms with Gasteiger partial charge >= 0.3 is 5.69 Å². The van der Waals surface area contributed by atoms with Crippen molar-refractivity contribution in [1.29, 1.82) is 0 Å². The Morgan fingerprint density at radius 2 is 1.95 bits per heavy atom. The predicted octanol–water partition coefficient (Wildman–Crippen LogP) is 2.29. The number of nitrogens with zero attached hydrogens (tertiary/aromatic N) is 4. The number of benzene rings is 1. The average Bonchev–Trinajstić information content (AvgIpc) is 2.96. The quantitative estimate of drug-likeness (QED) is 0.585. The molecular weight excluding hydrogens is 290 g/mol. The maximum absolute atomic E-state index is 12.1. The molecule has 0 aliphatic carbocycles. The summed E-state index contributed by atoms with van der Waals surface area (Å²) in [5.41, 5.74) is 1.45. The Hall–Kier alpha value is -2.73. The number of para-hydroxylation sites is 1. The van der Waals surface area contributed by atoms with Crippen LogP contribution in [0, 0.1) is 0 Å². The highest BCUT2D eigenvalue weighted by molar-refractivity contribution is 6.35. The van der Waals surface area contributed by atoms with E-state index in [2.05, 4.69) is 20.1 Å². The first-order valence-electron chi connectivity index (χ1n) is 6.22. The highest BCUT2D eigenvalue weighted by atomic mass is 35.5. The number of nitrogens with one attached hydrogen (secondary N) is 1. The van der Waals surface area contributed by atoms with E-state index in [0.717, 1.165) is 10.9 Å². The van der Waals surface area contributed by atoms with Crippen LogP contribution >= 0.6 is 11.6 Å². The lowest BCUT2D eigenvalue weighted by molar-refractivity contribution is 0.885. The van der Waals surface area contributed by atoms with Gasteiger partial charge in [-0.05, 0) is 24.3 Å². The minimum Gasteiger partial charge on any atom is -0.304 e. The van der Waals surface area contributed by atoms with E-state index in [0.29, 0.717) is 22.0 Å². The summed E-state index contributed by atoms with van der Waals surface area (Å²) in [5.74, 6) is 0.468. The van der Waals surface area contributed by atoms with Crippen LogP contribution in [0.2, 0.25) is 5.02 Å². The largest absolute Gasteiger partial charge is 0.348 e. The van der Waals surface area contributed by atoms with E-state index in [1.165, 1.54) is 4.52 Å². The highest BCUT2D eigenvalue weighted by Gasteiger charge is 2.13. The van der Waals surface area contributed by atoms with Crippen LogP contribution in [-0.4, -0.2) is 24.6 Å². The van der Waals surface area contributed by atoms with Crippen molar-refractivity contribution in [1.82, 2.24) is 24.6 Å². The van der Waals surface area contributed by atoms with E-state index in [-0.39, 0.29) is 5.69 Å². The Bertz CT molecular complexity index is 1020. The van der Waals surface area contributed by atoms with Crippen LogP contribution < -0.4 is 5.69 Å². The van der Waals surface area contributed by atoms with E-state index in [4.69, 9.17) is 11.6 Å². The number of halogens is 1. The molecule has 0 saturated carbocycles. The molecule has 0 fully saturated rings. The van der Waals surface area contributed by atoms with Gasteiger partial charge in [0.2, 0.25) is 0 Å². The second kappa shape index (κ2) is 4.39. The van der Waals surface area contributed by atoms with E-state index in [1.807, 2.05) is 12.1 Å². The van der Waals surface area contributed by atoms with Crippen molar-refractivity contribution in [3.05, 3.63) is 58.2 Å². The third-order valence-corrected chi connectivity index (χ3v) is 3.54. The normalized spacial score (nSPS) is 11.3.